The van der Waals surface area contributed by atoms with Crippen molar-refractivity contribution < 1.29 is 9.53 Å². The van der Waals surface area contributed by atoms with Gasteiger partial charge in [-0.2, -0.15) is 0 Å². The zero-order chi connectivity index (χ0) is 16.6. The van der Waals surface area contributed by atoms with Gasteiger partial charge in [-0.25, -0.2) is 4.79 Å². The molecular weight excluding hydrogens is 364 g/mol. The Morgan fingerprint density at radius 3 is 2.57 bits per heavy atom. The number of ether oxygens (including phenoxy) is 1. The number of aromatic nitrogens is 2. The van der Waals surface area contributed by atoms with Crippen molar-refractivity contribution in [2.45, 2.75) is 26.1 Å². The lowest BCUT2D eigenvalue weighted by molar-refractivity contribution is -0.121. The fourth-order valence-corrected chi connectivity index (χ4v) is 3.40. The minimum Gasteiger partial charge on any atom is -0.373 e. The topological polar surface area (TPSA) is 90.2 Å². The Labute approximate surface area is 141 Å². The molecular formula is C15H19BrN4O3. The van der Waals surface area contributed by atoms with Crippen molar-refractivity contribution in [3.05, 3.63) is 27.1 Å². The maximum atomic E-state index is 12.3. The predicted octanol–water partition coefficient (Wildman–Crippen LogP) is 1.67. The number of benzene rings is 1. The number of H-pyrrole nitrogens is 2. The number of anilines is 1. The number of imidazole rings is 1. The summed E-state index contributed by atoms with van der Waals surface area (Å²) in [5, 5.41) is 2.88. The highest BCUT2D eigenvalue weighted by Crippen LogP contribution is 2.26. The minimum atomic E-state index is -0.272. The lowest BCUT2D eigenvalue weighted by Crippen LogP contribution is -2.48. The molecule has 1 saturated heterocycles. The number of hydrogen-bond acceptors (Lipinski definition) is 4. The lowest BCUT2D eigenvalue weighted by atomic mass is 10.2. The van der Waals surface area contributed by atoms with E-state index in [4.69, 9.17) is 4.74 Å². The smallest absolute Gasteiger partial charge is 0.323 e. The first-order valence-corrected chi connectivity index (χ1v) is 8.29. The van der Waals surface area contributed by atoms with Gasteiger partial charge in [0.15, 0.2) is 0 Å². The number of halogens is 1. The zero-order valence-corrected chi connectivity index (χ0v) is 14.6. The number of fused-ring (bicyclic) bond motifs is 1. The number of carbonyl (C=O) groups excluding carboxylic acids is 1. The number of rotatable bonds is 3. The van der Waals surface area contributed by atoms with Crippen molar-refractivity contribution >= 4 is 38.6 Å². The van der Waals surface area contributed by atoms with Crippen molar-refractivity contribution in [3.8, 4) is 0 Å². The minimum absolute atomic E-state index is 0.0933. The molecule has 0 unspecified atom stereocenters. The fourth-order valence-electron chi connectivity index (χ4n) is 2.96. The second-order valence-corrected chi connectivity index (χ2v) is 6.81. The molecule has 0 radical (unpaired) electrons. The van der Waals surface area contributed by atoms with E-state index in [1.807, 2.05) is 13.8 Å². The maximum absolute atomic E-state index is 12.3. The molecule has 1 aromatic carbocycles. The molecule has 8 heteroatoms. The summed E-state index contributed by atoms with van der Waals surface area (Å²) < 4.78 is 6.39. The van der Waals surface area contributed by atoms with Crippen molar-refractivity contribution in [2.24, 2.45) is 0 Å². The van der Waals surface area contributed by atoms with Crippen LogP contribution in [0.3, 0.4) is 0 Å². The van der Waals surface area contributed by atoms with Gasteiger partial charge in [0.1, 0.15) is 0 Å². The van der Waals surface area contributed by atoms with Crippen molar-refractivity contribution in [1.82, 2.24) is 14.9 Å². The van der Waals surface area contributed by atoms with E-state index in [9.17, 15) is 9.59 Å². The van der Waals surface area contributed by atoms with Crippen LogP contribution in [0.4, 0.5) is 5.69 Å². The van der Waals surface area contributed by atoms with Crippen LogP contribution in [0.25, 0.3) is 11.0 Å². The monoisotopic (exact) mass is 382 g/mol. The third-order valence-electron chi connectivity index (χ3n) is 3.74. The van der Waals surface area contributed by atoms with E-state index in [-0.39, 0.29) is 23.8 Å². The Kier molecular flexibility index (Phi) is 4.56. The average Bonchev–Trinajstić information content (AvgIpc) is 2.76. The first-order valence-electron chi connectivity index (χ1n) is 7.50. The van der Waals surface area contributed by atoms with Crippen molar-refractivity contribution in [3.63, 3.8) is 0 Å². The van der Waals surface area contributed by atoms with Gasteiger partial charge < -0.3 is 20.0 Å². The number of nitrogens with zero attached hydrogens (tertiary/aromatic N) is 1. The molecule has 0 aliphatic carbocycles. The number of carbonyl (C=O) groups is 1. The third-order valence-corrected chi connectivity index (χ3v) is 4.40. The van der Waals surface area contributed by atoms with Crippen LogP contribution in [-0.4, -0.2) is 52.6 Å². The van der Waals surface area contributed by atoms with Crippen LogP contribution in [0.5, 0.6) is 0 Å². The van der Waals surface area contributed by atoms with Gasteiger partial charge >= 0.3 is 5.69 Å². The number of nitrogens with one attached hydrogen (secondary N) is 3. The molecule has 2 aromatic rings. The van der Waals surface area contributed by atoms with Crippen LogP contribution in [0, 0.1) is 0 Å². The summed E-state index contributed by atoms with van der Waals surface area (Å²) in [4.78, 5) is 31.1. The van der Waals surface area contributed by atoms with E-state index < -0.39 is 0 Å². The highest BCUT2D eigenvalue weighted by atomic mass is 79.9. The van der Waals surface area contributed by atoms with E-state index >= 15 is 0 Å². The van der Waals surface area contributed by atoms with Gasteiger partial charge in [-0.3, -0.25) is 9.69 Å². The summed E-state index contributed by atoms with van der Waals surface area (Å²) in [6.07, 6.45) is 0.249. The first-order chi connectivity index (χ1) is 10.9. The molecule has 0 bridgehead atoms. The van der Waals surface area contributed by atoms with Crippen molar-refractivity contribution in [1.29, 1.82) is 0 Å². The Morgan fingerprint density at radius 2 is 1.91 bits per heavy atom. The molecule has 3 rings (SSSR count). The Hall–Kier alpha value is -1.64. The van der Waals surface area contributed by atoms with Gasteiger partial charge in [-0.05, 0) is 41.9 Å². The molecule has 3 N–H and O–H groups in total. The van der Waals surface area contributed by atoms with Gasteiger partial charge in [-0.1, -0.05) is 0 Å². The van der Waals surface area contributed by atoms with Gasteiger partial charge in [0.05, 0.1) is 35.5 Å². The molecule has 1 fully saturated rings. The van der Waals surface area contributed by atoms with E-state index in [2.05, 4.69) is 36.1 Å². The molecule has 2 heterocycles. The van der Waals surface area contributed by atoms with E-state index in [1.165, 1.54) is 0 Å². The third kappa shape index (κ3) is 3.82. The number of aromatic amines is 2. The SMILES string of the molecule is C[C@H]1CN(CC(=O)Nc2cc3[nH]c(=O)[nH]c3cc2Br)C[C@H](C)O1. The number of morpholine rings is 1. The standard InChI is InChI=1S/C15H19BrN4O3/c1-8-5-20(6-9(2)23-8)7-14(21)17-11-4-13-12(3-10(11)16)18-15(22)19-13/h3-4,8-9H,5-7H2,1-2H3,(H,17,21)(H2,18,19,22)/t8-,9-/m0/s1. The molecule has 1 amide bonds. The average molecular weight is 383 g/mol. The lowest BCUT2D eigenvalue weighted by Gasteiger charge is -2.34. The second kappa shape index (κ2) is 6.46. The zero-order valence-electron chi connectivity index (χ0n) is 13.0. The van der Waals surface area contributed by atoms with E-state index in [0.29, 0.717) is 23.3 Å². The predicted molar refractivity (Wildman–Crippen MR) is 91.7 cm³/mol. The molecule has 2 atom stereocenters. The molecule has 1 aliphatic heterocycles. The summed E-state index contributed by atoms with van der Waals surface area (Å²) in [5.41, 5.74) is 1.71. The molecule has 1 aliphatic rings. The highest BCUT2D eigenvalue weighted by Gasteiger charge is 2.23. The normalized spacial score (nSPS) is 22.4. The summed E-state index contributed by atoms with van der Waals surface area (Å²) in [5.74, 6) is -0.0933. The quantitative estimate of drug-likeness (QED) is 0.752. The van der Waals surface area contributed by atoms with Crippen LogP contribution >= 0.6 is 15.9 Å². The summed E-state index contributed by atoms with van der Waals surface area (Å²) in [6.45, 7) is 5.80. The Bertz CT molecular complexity index is 775. The van der Waals surface area contributed by atoms with Gasteiger partial charge in [0.2, 0.25) is 5.91 Å². The summed E-state index contributed by atoms with van der Waals surface area (Å²) >= 11 is 3.42. The van der Waals surface area contributed by atoms with E-state index in [1.54, 1.807) is 12.1 Å². The molecule has 124 valence electrons. The van der Waals surface area contributed by atoms with Gasteiger partial charge in [0.25, 0.3) is 0 Å². The number of amides is 1. The molecule has 1 aromatic heterocycles. The Balaban J connectivity index is 1.70. The van der Waals surface area contributed by atoms with Gasteiger partial charge in [0, 0.05) is 17.6 Å². The first kappa shape index (κ1) is 16.2. The molecule has 7 nitrogen and oxygen atoms in total. The fraction of sp³-hybridized carbons (Fsp3) is 0.467. The number of hydrogen-bond donors (Lipinski definition) is 3. The van der Waals surface area contributed by atoms with Gasteiger partial charge in [-0.15, -0.1) is 0 Å². The summed E-state index contributed by atoms with van der Waals surface area (Å²) in [6, 6.07) is 3.50. The van der Waals surface area contributed by atoms with E-state index in [0.717, 1.165) is 17.6 Å². The molecule has 23 heavy (non-hydrogen) atoms. The van der Waals surface area contributed by atoms with Crippen LogP contribution in [-0.2, 0) is 9.53 Å². The molecule has 0 saturated carbocycles. The van der Waals surface area contributed by atoms with Crippen molar-refractivity contribution in [2.75, 3.05) is 25.0 Å². The Morgan fingerprint density at radius 1 is 1.30 bits per heavy atom. The summed E-state index contributed by atoms with van der Waals surface area (Å²) in [7, 11) is 0. The maximum Gasteiger partial charge on any atom is 0.323 e. The van der Waals surface area contributed by atoms with Crippen LogP contribution in [0.2, 0.25) is 0 Å². The van der Waals surface area contributed by atoms with Crippen LogP contribution in [0.15, 0.2) is 21.4 Å². The highest BCUT2D eigenvalue weighted by molar-refractivity contribution is 9.10. The largest absolute Gasteiger partial charge is 0.373 e. The van der Waals surface area contributed by atoms with Crippen LogP contribution in [0.1, 0.15) is 13.8 Å². The van der Waals surface area contributed by atoms with Crippen LogP contribution < -0.4 is 11.0 Å². The molecule has 0 spiro atoms. The second-order valence-electron chi connectivity index (χ2n) is 5.96.